The van der Waals surface area contributed by atoms with Crippen LogP contribution in [0.5, 0.6) is 0 Å². The zero-order valence-corrected chi connectivity index (χ0v) is 14.7. The summed E-state index contributed by atoms with van der Waals surface area (Å²) in [6, 6.07) is 8.33. The molecule has 1 aromatic carbocycles. The number of amides is 1. The van der Waals surface area contributed by atoms with Gasteiger partial charge in [-0.05, 0) is 56.8 Å². The summed E-state index contributed by atoms with van der Waals surface area (Å²) in [4.78, 5) is 17.3. The fourth-order valence-electron chi connectivity index (χ4n) is 3.84. The van der Waals surface area contributed by atoms with Crippen LogP contribution in [-0.2, 0) is 10.2 Å². The number of anilines is 1. The van der Waals surface area contributed by atoms with Gasteiger partial charge in [0.25, 0.3) is 0 Å². The maximum absolute atomic E-state index is 12.9. The predicted molar refractivity (Wildman–Crippen MR) is 94.8 cm³/mol. The number of piperidine rings is 1. The zero-order valence-electron chi connectivity index (χ0n) is 13.8. The molecule has 1 amide bonds. The van der Waals surface area contributed by atoms with E-state index in [0.717, 1.165) is 43.4 Å². The molecule has 0 bridgehead atoms. The maximum Gasteiger partial charge on any atom is 0.237 e. The standard InChI is InChI=1S/C18H26N2OS/c1-14(22-3)8-11-20-12-9-18(10-13-20)15-6-4-5-7-16(15)19(2)17(18)21/h4-7,14H,8-13H2,1-3H3/t14-/m0/s1. The average molecular weight is 318 g/mol. The third kappa shape index (κ3) is 2.56. The largest absolute Gasteiger partial charge is 0.314 e. The number of thioether (sulfide) groups is 1. The molecule has 2 aliphatic heterocycles. The lowest BCUT2D eigenvalue weighted by molar-refractivity contribution is -0.124. The second-order valence-corrected chi connectivity index (χ2v) is 7.92. The third-order valence-corrected chi connectivity index (χ3v) is 6.50. The minimum absolute atomic E-state index is 0.257. The van der Waals surface area contributed by atoms with Crippen LogP contribution in [0.4, 0.5) is 5.69 Å². The van der Waals surface area contributed by atoms with Crippen LogP contribution in [-0.4, -0.2) is 49.0 Å². The van der Waals surface area contributed by atoms with Crippen molar-refractivity contribution in [3.05, 3.63) is 29.8 Å². The monoisotopic (exact) mass is 318 g/mol. The molecular weight excluding hydrogens is 292 g/mol. The summed E-state index contributed by atoms with van der Waals surface area (Å²) < 4.78 is 0. The summed E-state index contributed by atoms with van der Waals surface area (Å²) in [7, 11) is 1.92. The lowest BCUT2D eigenvalue weighted by Crippen LogP contribution is -2.48. The van der Waals surface area contributed by atoms with Crippen molar-refractivity contribution in [2.45, 2.75) is 36.9 Å². The van der Waals surface area contributed by atoms with Gasteiger partial charge in [0.1, 0.15) is 0 Å². The Balaban J connectivity index is 1.71. The Hall–Kier alpha value is -1.00. The minimum Gasteiger partial charge on any atom is -0.314 e. The van der Waals surface area contributed by atoms with Gasteiger partial charge in [-0.25, -0.2) is 0 Å². The van der Waals surface area contributed by atoms with E-state index in [1.54, 1.807) is 0 Å². The second kappa shape index (κ2) is 6.25. The first-order valence-electron chi connectivity index (χ1n) is 8.21. The van der Waals surface area contributed by atoms with Gasteiger partial charge in [-0.3, -0.25) is 4.79 Å². The van der Waals surface area contributed by atoms with E-state index >= 15 is 0 Å². The Morgan fingerprint density at radius 3 is 2.64 bits per heavy atom. The van der Waals surface area contributed by atoms with Crippen molar-refractivity contribution in [1.82, 2.24) is 4.90 Å². The van der Waals surface area contributed by atoms with Crippen LogP contribution < -0.4 is 4.90 Å². The van der Waals surface area contributed by atoms with Gasteiger partial charge in [0.2, 0.25) is 5.91 Å². The number of nitrogens with zero attached hydrogens (tertiary/aromatic N) is 2. The van der Waals surface area contributed by atoms with Crippen LogP contribution in [0, 0.1) is 0 Å². The molecule has 2 aliphatic rings. The van der Waals surface area contributed by atoms with E-state index in [1.807, 2.05) is 29.8 Å². The highest BCUT2D eigenvalue weighted by molar-refractivity contribution is 7.99. The number of hydrogen-bond acceptors (Lipinski definition) is 3. The Morgan fingerprint density at radius 1 is 1.27 bits per heavy atom. The fourth-order valence-corrected chi connectivity index (χ4v) is 4.18. The van der Waals surface area contributed by atoms with Crippen molar-refractivity contribution in [3.63, 3.8) is 0 Å². The van der Waals surface area contributed by atoms with Gasteiger partial charge in [-0.2, -0.15) is 11.8 Å². The van der Waals surface area contributed by atoms with Gasteiger partial charge in [-0.1, -0.05) is 25.1 Å². The number of carbonyl (C=O) groups is 1. The number of likely N-dealkylation sites (tertiary alicyclic amines) is 1. The molecule has 0 saturated carbocycles. The quantitative estimate of drug-likeness (QED) is 0.852. The minimum atomic E-state index is -0.257. The number of carbonyl (C=O) groups excluding carboxylic acids is 1. The molecule has 3 nitrogen and oxygen atoms in total. The average Bonchev–Trinajstić information content (AvgIpc) is 2.77. The first kappa shape index (κ1) is 15.9. The number of rotatable bonds is 4. The normalized spacial score (nSPS) is 22.1. The number of fused-ring (bicyclic) bond motifs is 2. The molecule has 0 radical (unpaired) electrons. The van der Waals surface area contributed by atoms with Crippen LogP contribution >= 0.6 is 11.8 Å². The van der Waals surface area contributed by atoms with E-state index in [1.165, 1.54) is 12.0 Å². The third-order valence-electron chi connectivity index (χ3n) is 5.46. The summed E-state index contributed by atoms with van der Waals surface area (Å²) in [6.45, 7) is 5.52. The Bertz CT molecular complexity index is 552. The Labute approximate surface area is 138 Å². The van der Waals surface area contributed by atoms with Crippen LogP contribution in [0.2, 0.25) is 0 Å². The molecule has 0 aliphatic carbocycles. The number of benzene rings is 1. The molecule has 120 valence electrons. The highest BCUT2D eigenvalue weighted by Gasteiger charge is 2.50. The van der Waals surface area contributed by atoms with E-state index in [4.69, 9.17) is 0 Å². The maximum atomic E-state index is 12.9. The first-order valence-corrected chi connectivity index (χ1v) is 9.50. The van der Waals surface area contributed by atoms with Crippen LogP contribution in [0.15, 0.2) is 24.3 Å². The topological polar surface area (TPSA) is 23.6 Å². The molecule has 1 saturated heterocycles. The van der Waals surface area contributed by atoms with Crippen molar-refractivity contribution in [1.29, 1.82) is 0 Å². The smallest absolute Gasteiger partial charge is 0.237 e. The number of para-hydroxylation sites is 1. The highest BCUT2D eigenvalue weighted by Crippen LogP contribution is 2.47. The van der Waals surface area contributed by atoms with Crippen molar-refractivity contribution in [3.8, 4) is 0 Å². The molecule has 2 heterocycles. The van der Waals surface area contributed by atoms with Gasteiger partial charge < -0.3 is 9.80 Å². The van der Waals surface area contributed by atoms with Crippen LogP contribution in [0.25, 0.3) is 0 Å². The van der Waals surface area contributed by atoms with E-state index in [-0.39, 0.29) is 5.41 Å². The summed E-state index contributed by atoms with van der Waals surface area (Å²) in [5, 5.41) is 0.718. The second-order valence-electron chi connectivity index (χ2n) is 6.64. The first-order chi connectivity index (χ1) is 10.6. The fraction of sp³-hybridized carbons (Fsp3) is 0.611. The van der Waals surface area contributed by atoms with Crippen molar-refractivity contribution in [2.24, 2.45) is 0 Å². The SMILES string of the molecule is CS[C@@H](C)CCN1CCC2(CC1)C(=O)N(C)c1ccccc12. The zero-order chi connectivity index (χ0) is 15.7. The van der Waals surface area contributed by atoms with Crippen molar-refractivity contribution < 1.29 is 4.79 Å². The summed E-state index contributed by atoms with van der Waals surface area (Å²) in [5.74, 6) is 0.297. The molecule has 1 aromatic rings. The van der Waals surface area contributed by atoms with Gasteiger partial charge >= 0.3 is 0 Å². The van der Waals surface area contributed by atoms with Crippen molar-refractivity contribution in [2.75, 3.05) is 37.8 Å². The summed E-state index contributed by atoms with van der Waals surface area (Å²) in [6.07, 6.45) is 5.33. The number of hydrogen-bond donors (Lipinski definition) is 0. The van der Waals surface area contributed by atoms with Gasteiger partial charge in [0.05, 0.1) is 5.41 Å². The van der Waals surface area contributed by atoms with Gasteiger partial charge in [-0.15, -0.1) is 0 Å². The highest BCUT2D eigenvalue weighted by atomic mass is 32.2. The molecule has 4 heteroatoms. The molecule has 1 spiro atoms. The van der Waals surface area contributed by atoms with E-state index in [2.05, 4.69) is 36.3 Å². The molecule has 0 unspecified atom stereocenters. The molecule has 0 N–H and O–H groups in total. The molecule has 1 fully saturated rings. The van der Waals surface area contributed by atoms with Crippen LogP contribution in [0.1, 0.15) is 31.7 Å². The van der Waals surface area contributed by atoms with Crippen molar-refractivity contribution >= 4 is 23.4 Å². The van der Waals surface area contributed by atoms with Gasteiger partial charge in [0, 0.05) is 18.0 Å². The van der Waals surface area contributed by atoms with E-state index < -0.39 is 0 Å². The summed E-state index contributed by atoms with van der Waals surface area (Å²) in [5.41, 5.74) is 2.10. The Kier molecular flexibility index (Phi) is 4.51. The molecule has 3 rings (SSSR count). The molecule has 22 heavy (non-hydrogen) atoms. The molecule has 0 aromatic heterocycles. The predicted octanol–water partition coefficient (Wildman–Crippen LogP) is 3.14. The van der Waals surface area contributed by atoms with Gasteiger partial charge in [0.15, 0.2) is 0 Å². The summed E-state index contributed by atoms with van der Waals surface area (Å²) >= 11 is 1.94. The lowest BCUT2D eigenvalue weighted by atomic mass is 9.73. The molecule has 1 atom stereocenters. The van der Waals surface area contributed by atoms with E-state index in [9.17, 15) is 4.79 Å². The lowest BCUT2D eigenvalue weighted by Gasteiger charge is -2.38. The molecular formula is C18H26N2OS. The Morgan fingerprint density at radius 2 is 1.95 bits per heavy atom. The van der Waals surface area contributed by atoms with Crippen LogP contribution in [0.3, 0.4) is 0 Å². The number of likely N-dealkylation sites (N-methyl/N-ethyl adjacent to an activating group) is 1. The van der Waals surface area contributed by atoms with E-state index in [0.29, 0.717) is 5.91 Å².